The zero-order chi connectivity index (χ0) is 19.2. The molecule has 146 valence electrons. The Morgan fingerprint density at radius 3 is 2.63 bits per heavy atom. The molecular formula is C20H21F4NO2. The molecule has 0 radical (unpaired) electrons. The number of hydrogen-bond donors (Lipinski definition) is 2. The number of aliphatic hydroxyl groups is 1. The number of benzene rings is 1. The molecular weight excluding hydrogens is 362 g/mol. The second kappa shape index (κ2) is 6.95. The Balaban J connectivity index is 1.74. The summed E-state index contributed by atoms with van der Waals surface area (Å²) in [5.74, 6) is -0.601. The molecule has 3 aliphatic rings. The fourth-order valence-electron chi connectivity index (χ4n) is 4.40. The summed E-state index contributed by atoms with van der Waals surface area (Å²) in [5.41, 5.74) is 0.219. The molecule has 2 aliphatic heterocycles. The fourth-order valence-corrected chi connectivity index (χ4v) is 4.40. The van der Waals surface area contributed by atoms with E-state index in [1.165, 1.54) is 12.1 Å². The van der Waals surface area contributed by atoms with Gasteiger partial charge in [-0.25, -0.2) is 4.39 Å². The van der Waals surface area contributed by atoms with Gasteiger partial charge in [-0.05, 0) is 31.0 Å². The van der Waals surface area contributed by atoms with Crippen molar-refractivity contribution in [1.29, 1.82) is 0 Å². The molecule has 1 saturated heterocycles. The smallest absolute Gasteiger partial charge is 0.394 e. The Labute approximate surface area is 154 Å². The van der Waals surface area contributed by atoms with Crippen LogP contribution in [0, 0.1) is 11.8 Å². The van der Waals surface area contributed by atoms with Crippen LogP contribution in [0.15, 0.2) is 42.5 Å². The number of hydrogen-bond acceptors (Lipinski definition) is 3. The minimum atomic E-state index is -4.45. The number of rotatable bonds is 2. The van der Waals surface area contributed by atoms with Crippen LogP contribution in [-0.2, 0) is 10.9 Å². The topological polar surface area (TPSA) is 41.5 Å². The maximum absolute atomic E-state index is 14.5. The molecule has 7 heteroatoms. The molecule has 0 amide bonds. The SMILES string of the molecule is OC[C@H]1CC[C@@H]2[C@H](O1)c1cc(C(F)(F)F)ccc1N[C@H]2C1C=CC=CC1F. The molecule has 3 nitrogen and oxygen atoms in total. The third-order valence-corrected chi connectivity index (χ3v) is 5.74. The molecule has 1 aromatic carbocycles. The van der Waals surface area contributed by atoms with Crippen LogP contribution < -0.4 is 5.32 Å². The third kappa shape index (κ3) is 3.38. The van der Waals surface area contributed by atoms with E-state index in [0.29, 0.717) is 24.1 Å². The van der Waals surface area contributed by atoms with Crippen molar-refractivity contribution in [2.75, 3.05) is 11.9 Å². The average molecular weight is 383 g/mol. The highest BCUT2D eigenvalue weighted by atomic mass is 19.4. The molecule has 0 saturated carbocycles. The monoisotopic (exact) mass is 383 g/mol. The predicted molar refractivity (Wildman–Crippen MR) is 92.9 cm³/mol. The van der Waals surface area contributed by atoms with E-state index < -0.39 is 36.0 Å². The molecule has 2 N–H and O–H groups in total. The molecule has 27 heavy (non-hydrogen) atoms. The van der Waals surface area contributed by atoms with Gasteiger partial charge in [-0.3, -0.25) is 0 Å². The van der Waals surface area contributed by atoms with E-state index in [4.69, 9.17) is 4.74 Å². The number of ether oxygens (including phenoxy) is 1. The van der Waals surface area contributed by atoms with Gasteiger partial charge >= 0.3 is 6.18 Å². The van der Waals surface area contributed by atoms with Gasteiger partial charge < -0.3 is 15.2 Å². The van der Waals surface area contributed by atoms with Gasteiger partial charge in [0.15, 0.2) is 0 Å². The Kier molecular flexibility index (Phi) is 4.76. The van der Waals surface area contributed by atoms with Gasteiger partial charge in [0, 0.05) is 29.1 Å². The van der Waals surface area contributed by atoms with Gasteiger partial charge in [-0.2, -0.15) is 13.2 Å². The lowest BCUT2D eigenvalue weighted by Gasteiger charge is -2.47. The van der Waals surface area contributed by atoms with Crippen LogP contribution in [0.3, 0.4) is 0 Å². The van der Waals surface area contributed by atoms with E-state index in [-0.39, 0.29) is 18.6 Å². The van der Waals surface area contributed by atoms with Crippen molar-refractivity contribution in [2.24, 2.45) is 11.8 Å². The van der Waals surface area contributed by atoms with Gasteiger partial charge in [0.25, 0.3) is 0 Å². The van der Waals surface area contributed by atoms with E-state index in [1.807, 2.05) is 0 Å². The summed E-state index contributed by atoms with van der Waals surface area (Å²) < 4.78 is 60.0. The van der Waals surface area contributed by atoms with Gasteiger partial charge in [0.1, 0.15) is 6.17 Å². The first-order valence-electron chi connectivity index (χ1n) is 9.11. The van der Waals surface area contributed by atoms with Gasteiger partial charge in [-0.15, -0.1) is 0 Å². The summed E-state index contributed by atoms with van der Waals surface area (Å²) in [4.78, 5) is 0. The van der Waals surface area contributed by atoms with Crippen LogP contribution in [0.4, 0.5) is 23.2 Å². The van der Waals surface area contributed by atoms with Crippen LogP contribution in [0.1, 0.15) is 30.1 Å². The maximum Gasteiger partial charge on any atom is 0.416 e. The number of nitrogens with one attached hydrogen (secondary N) is 1. The van der Waals surface area contributed by atoms with Crippen molar-refractivity contribution in [3.63, 3.8) is 0 Å². The van der Waals surface area contributed by atoms with Crippen LogP contribution >= 0.6 is 0 Å². The highest BCUT2D eigenvalue weighted by molar-refractivity contribution is 5.58. The predicted octanol–water partition coefficient (Wildman–Crippen LogP) is 4.41. The van der Waals surface area contributed by atoms with E-state index in [0.717, 1.165) is 12.1 Å². The Morgan fingerprint density at radius 2 is 1.93 bits per heavy atom. The Morgan fingerprint density at radius 1 is 1.15 bits per heavy atom. The maximum atomic E-state index is 14.5. The highest BCUT2D eigenvalue weighted by Crippen LogP contribution is 2.49. The number of halogens is 4. The summed E-state index contributed by atoms with van der Waals surface area (Å²) in [5, 5.41) is 12.7. The lowest BCUT2D eigenvalue weighted by molar-refractivity contribution is -0.138. The minimum absolute atomic E-state index is 0.178. The second-order valence-electron chi connectivity index (χ2n) is 7.36. The Bertz CT molecular complexity index is 761. The number of aliphatic hydroxyl groups excluding tert-OH is 1. The van der Waals surface area contributed by atoms with Gasteiger partial charge in [0.2, 0.25) is 0 Å². The molecule has 6 atom stereocenters. The van der Waals surface area contributed by atoms with Crippen molar-refractivity contribution < 1.29 is 27.4 Å². The van der Waals surface area contributed by atoms with Crippen LogP contribution in [0.5, 0.6) is 0 Å². The fraction of sp³-hybridized carbons (Fsp3) is 0.500. The first-order chi connectivity index (χ1) is 12.9. The lowest BCUT2D eigenvalue weighted by atomic mass is 9.72. The average Bonchev–Trinajstić information content (AvgIpc) is 2.66. The normalized spacial score (nSPS) is 35.3. The first-order valence-corrected chi connectivity index (χ1v) is 9.11. The van der Waals surface area contributed by atoms with Crippen molar-refractivity contribution >= 4 is 5.69 Å². The Hall–Kier alpha value is -1.86. The minimum Gasteiger partial charge on any atom is -0.394 e. The van der Waals surface area contributed by atoms with E-state index in [2.05, 4.69) is 5.32 Å². The standard InChI is InChI=1S/C20H21F4NO2/c21-16-4-2-1-3-13(16)18-14-7-6-12(10-26)27-19(14)15-9-11(20(22,23)24)5-8-17(15)25-18/h1-5,8-9,12-14,16,18-19,25-26H,6-7,10H2/t12-,13?,14+,16?,18+,19+/m1/s1. The van der Waals surface area contributed by atoms with E-state index >= 15 is 0 Å². The van der Waals surface area contributed by atoms with Crippen molar-refractivity contribution in [1.82, 2.24) is 0 Å². The van der Waals surface area contributed by atoms with Crippen LogP contribution in [-0.4, -0.2) is 30.0 Å². The van der Waals surface area contributed by atoms with Crippen LogP contribution in [0.2, 0.25) is 0 Å². The van der Waals surface area contributed by atoms with E-state index in [1.54, 1.807) is 18.2 Å². The molecule has 0 spiro atoms. The number of alkyl halides is 4. The van der Waals surface area contributed by atoms with Gasteiger partial charge in [-0.1, -0.05) is 24.3 Å². The molecule has 1 fully saturated rings. The van der Waals surface area contributed by atoms with Crippen molar-refractivity contribution in [3.8, 4) is 0 Å². The van der Waals surface area contributed by atoms with Crippen molar-refractivity contribution in [3.05, 3.63) is 53.6 Å². The van der Waals surface area contributed by atoms with E-state index in [9.17, 15) is 22.7 Å². The third-order valence-electron chi connectivity index (χ3n) is 5.74. The molecule has 0 aromatic heterocycles. The largest absolute Gasteiger partial charge is 0.416 e. The molecule has 1 aromatic rings. The van der Waals surface area contributed by atoms with Crippen LogP contribution in [0.25, 0.3) is 0 Å². The molecule has 2 heterocycles. The summed E-state index contributed by atoms with van der Waals surface area (Å²) in [7, 11) is 0. The zero-order valence-corrected chi connectivity index (χ0v) is 14.5. The summed E-state index contributed by atoms with van der Waals surface area (Å²) >= 11 is 0. The zero-order valence-electron chi connectivity index (χ0n) is 14.5. The molecule has 1 aliphatic carbocycles. The summed E-state index contributed by atoms with van der Waals surface area (Å²) in [6.45, 7) is -0.187. The number of anilines is 1. The van der Waals surface area contributed by atoms with Crippen molar-refractivity contribution in [2.45, 2.75) is 43.4 Å². The number of fused-ring (bicyclic) bond motifs is 3. The second-order valence-corrected chi connectivity index (χ2v) is 7.36. The highest BCUT2D eigenvalue weighted by Gasteiger charge is 2.46. The summed E-state index contributed by atoms with van der Waals surface area (Å²) in [6.07, 6.45) is 1.33. The quantitative estimate of drug-likeness (QED) is 0.744. The number of allylic oxidation sites excluding steroid dienone is 3. The molecule has 4 rings (SSSR count). The molecule has 0 bridgehead atoms. The van der Waals surface area contributed by atoms with Gasteiger partial charge in [0.05, 0.1) is 24.4 Å². The molecule has 2 unspecified atom stereocenters. The first kappa shape index (κ1) is 18.5. The lowest BCUT2D eigenvalue weighted by Crippen LogP contribution is -2.49. The summed E-state index contributed by atoms with van der Waals surface area (Å²) in [6, 6.07) is 3.23.